The molecule has 0 radical (unpaired) electrons. The Hall–Kier alpha value is -3.11. The summed E-state index contributed by atoms with van der Waals surface area (Å²) < 4.78 is 11.0. The van der Waals surface area contributed by atoms with Gasteiger partial charge < -0.3 is 14.8 Å². The molecule has 3 rings (SSSR count). The van der Waals surface area contributed by atoms with Gasteiger partial charge in [-0.1, -0.05) is 24.3 Å². The molecule has 33 heavy (non-hydrogen) atoms. The first kappa shape index (κ1) is 24.5. The molecule has 3 amide bonds. The van der Waals surface area contributed by atoms with Gasteiger partial charge in [-0.2, -0.15) is 0 Å². The van der Waals surface area contributed by atoms with E-state index in [1.165, 1.54) is 6.92 Å². The molecule has 1 N–H and O–H groups in total. The Morgan fingerprint density at radius 3 is 2.58 bits per heavy atom. The second-order valence-corrected chi connectivity index (χ2v) is 8.72. The van der Waals surface area contributed by atoms with E-state index in [1.54, 1.807) is 43.3 Å². The molecule has 1 atom stereocenters. The fourth-order valence-electron chi connectivity index (χ4n) is 2.92. The molecular formula is C23H21BrN2O6S. The lowest BCUT2D eigenvalue weighted by molar-refractivity contribution is -0.150. The van der Waals surface area contributed by atoms with Gasteiger partial charge in [-0.25, -0.2) is 4.79 Å². The third-order valence-electron chi connectivity index (χ3n) is 4.51. The number of nitrogens with one attached hydrogen (secondary N) is 1. The van der Waals surface area contributed by atoms with Crippen molar-refractivity contribution in [2.45, 2.75) is 19.9 Å². The van der Waals surface area contributed by atoms with E-state index in [-0.39, 0.29) is 24.0 Å². The number of benzene rings is 2. The number of thioether (sulfide) groups is 1. The number of amides is 3. The molecule has 0 saturated carbocycles. The standard InChI is InChI=1S/C23H21BrN2O6S/c1-3-31-22(29)14(2)26-21(28)19(33-23(26)30)12-15-9-10-18(17(24)11-15)32-13-20(27)25-16-7-5-4-6-8-16/h4-12,14H,3,13H2,1-2H3,(H,25,27). The average Bonchev–Trinajstić information content (AvgIpc) is 3.06. The highest BCUT2D eigenvalue weighted by Gasteiger charge is 2.41. The minimum Gasteiger partial charge on any atom is -0.483 e. The lowest BCUT2D eigenvalue weighted by Gasteiger charge is -2.19. The summed E-state index contributed by atoms with van der Waals surface area (Å²) in [6, 6.07) is 13.1. The second kappa shape index (κ2) is 11.2. The zero-order valence-corrected chi connectivity index (χ0v) is 20.3. The van der Waals surface area contributed by atoms with Crippen molar-refractivity contribution in [3.05, 3.63) is 63.5 Å². The predicted octanol–water partition coefficient (Wildman–Crippen LogP) is 4.45. The Labute approximate surface area is 203 Å². The Bertz CT molecular complexity index is 1110. The van der Waals surface area contributed by atoms with E-state index >= 15 is 0 Å². The monoisotopic (exact) mass is 532 g/mol. The number of carbonyl (C=O) groups excluding carboxylic acids is 4. The molecule has 1 saturated heterocycles. The molecule has 0 spiro atoms. The van der Waals surface area contributed by atoms with Crippen LogP contribution >= 0.6 is 27.7 Å². The number of imide groups is 1. The molecule has 0 aromatic heterocycles. The highest BCUT2D eigenvalue weighted by molar-refractivity contribution is 9.10. The summed E-state index contributed by atoms with van der Waals surface area (Å²) in [6.07, 6.45) is 1.55. The van der Waals surface area contributed by atoms with E-state index in [1.807, 2.05) is 18.2 Å². The minimum absolute atomic E-state index is 0.158. The molecule has 2 aromatic rings. The van der Waals surface area contributed by atoms with Gasteiger partial charge in [0.2, 0.25) is 0 Å². The van der Waals surface area contributed by atoms with Gasteiger partial charge in [0.05, 0.1) is 16.0 Å². The van der Waals surface area contributed by atoms with Crippen molar-refractivity contribution >= 4 is 62.5 Å². The summed E-state index contributed by atoms with van der Waals surface area (Å²) in [5, 5.41) is 2.20. The number of nitrogens with zero attached hydrogens (tertiary/aromatic N) is 1. The number of ether oxygens (including phenoxy) is 2. The van der Waals surface area contributed by atoms with Gasteiger partial charge in [0.15, 0.2) is 6.61 Å². The smallest absolute Gasteiger partial charge is 0.329 e. The highest BCUT2D eigenvalue weighted by atomic mass is 79.9. The van der Waals surface area contributed by atoms with Crippen molar-refractivity contribution in [2.24, 2.45) is 0 Å². The van der Waals surface area contributed by atoms with Crippen LogP contribution < -0.4 is 10.1 Å². The zero-order chi connectivity index (χ0) is 24.0. The van der Waals surface area contributed by atoms with Gasteiger partial charge in [-0.3, -0.25) is 19.3 Å². The van der Waals surface area contributed by atoms with Gasteiger partial charge >= 0.3 is 5.97 Å². The van der Waals surface area contributed by atoms with Crippen molar-refractivity contribution in [2.75, 3.05) is 18.5 Å². The van der Waals surface area contributed by atoms with Crippen LogP contribution in [0, 0.1) is 0 Å². The Morgan fingerprint density at radius 1 is 1.18 bits per heavy atom. The van der Waals surface area contributed by atoms with Crippen molar-refractivity contribution in [3.63, 3.8) is 0 Å². The number of rotatable bonds is 8. The van der Waals surface area contributed by atoms with Gasteiger partial charge in [0.1, 0.15) is 11.8 Å². The first-order valence-electron chi connectivity index (χ1n) is 10.0. The molecule has 0 aliphatic carbocycles. The van der Waals surface area contributed by atoms with Gasteiger partial charge in [0, 0.05) is 5.69 Å². The number of carbonyl (C=O) groups is 4. The third-order valence-corrected chi connectivity index (χ3v) is 6.01. The maximum atomic E-state index is 12.7. The number of hydrogen-bond donors (Lipinski definition) is 1. The molecule has 1 heterocycles. The van der Waals surface area contributed by atoms with Gasteiger partial charge in [-0.15, -0.1) is 0 Å². The first-order valence-corrected chi connectivity index (χ1v) is 11.6. The molecule has 8 nitrogen and oxygen atoms in total. The van der Waals surface area contributed by atoms with Gasteiger partial charge in [-0.05, 0) is 77.4 Å². The normalized spacial score (nSPS) is 15.5. The van der Waals surface area contributed by atoms with Crippen LogP contribution in [0.4, 0.5) is 10.5 Å². The minimum atomic E-state index is -1.01. The van der Waals surface area contributed by atoms with Crippen LogP contribution in [-0.2, 0) is 19.1 Å². The molecular weight excluding hydrogens is 512 g/mol. The topological polar surface area (TPSA) is 102 Å². The van der Waals surface area contributed by atoms with Crippen molar-refractivity contribution in [3.8, 4) is 5.75 Å². The maximum Gasteiger partial charge on any atom is 0.329 e. The zero-order valence-electron chi connectivity index (χ0n) is 17.9. The van der Waals surface area contributed by atoms with E-state index in [2.05, 4.69) is 21.2 Å². The average molecular weight is 533 g/mol. The van der Waals surface area contributed by atoms with Crippen LogP contribution in [0.1, 0.15) is 19.4 Å². The van der Waals surface area contributed by atoms with E-state index in [4.69, 9.17) is 9.47 Å². The molecule has 1 aliphatic heterocycles. The predicted molar refractivity (Wildman–Crippen MR) is 129 cm³/mol. The fraction of sp³-hybridized carbons (Fsp3) is 0.217. The summed E-state index contributed by atoms with van der Waals surface area (Å²) in [7, 11) is 0. The highest BCUT2D eigenvalue weighted by Crippen LogP contribution is 2.35. The van der Waals surface area contributed by atoms with Crippen LogP contribution in [0.2, 0.25) is 0 Å². The van der Waals surface area contributed by atoms with E-state index in [0.29, 0.717) is 21.5 Å². The largest absolute Gasteiger partial charge is 0.483 e. The lowest BCUT2D eigenvalue weighted by atomic mass is 10.2. The molecule has 2 aromatic carbocycles. The molecule has 1 unspecified atom stereocenters. The summed E-state index contributed by atoms with van der Waals surface area (Å²) >= 11 is 4.15. The summed E-state index contributed by atoms with van der Waals surface area (Å²) in [5.41, 5.74) is 1.31. The van der Waals surface area contributed by atoms with E-state index < -0.39 is 23.2 Å². The fourth-order valence-corrected chi connectivity index (χ4v) is 4.34. The molecule has 1 fully saturated rings. The summed E-state index contributed by atoms with van der Waals surface area (Å²) in [6.45, 7) is 3.08. The lowest BCUT2D eigenvalue weighted by Crippen LogP contribution is -2.42. The Balaban J connectivity index is 1.64. The van der Waals surface area contributed by atoms with Crippen LogP contribution in [0.5, 0.6) is 5.75 Å². The maximum absolute atomic E-state index is 12.7. The van der Waals surface area contributed by atoms with Crippen LogP contribution in [0.25, 0.3) is 6.08 Å². The molecule has 0 bridgehead atoms. The Morgan fingerprint density at radius 2 is 1.91 bits per heavy atom. The summed E-state index contributed by atoms with van der Waals surface area (Å²) in [4.78, 5) is 50.1. The number of hydrogen-bond acceptors (Lipinski definition) is 7. The van der Waals surface area contributed by atoms with Crippen LogP contribution in [0.3, 0.4) is 0 Å². The van der Waals surface area contributed by atoms with Crippen molar-refractivity contribution < 1.29 is 28.7 Å². The molecule has 172 valence electrons. The number of esters is 1. The second-order valence-electron chi connectivity index (χ2n) is 6.87. The molecule has 1 aliphatic rings. The van der Waals surface area contributed by atoms with Crippen LogP contribution in [-0.4, -0.2) is 47.2 Å². The number of anilines is 1. The molecule has 10 heteroatoms. The number of halogens is 1. The number of para-hydroxylation sites is 1. The summed E-state index contributed by atoms with van der Waals surface area (Å²) in [5.74, 6) is -1.05. The van der Waals surface area contributed by atoms with Crippen molar-refractivity contribution in [1.29, 1.82) is 0 Å². The third kappa shape index (κ3) is 6.23. The SMILES string of the molecule is CCOC(=O)C(C)N1C(=O)SC(=Cc2ccc(OCC(=O)Nc3ccccc3)c(Br)c2)C1=O. The quantitative estimate of drug-likeness (QED) is 0.395. The van der Waals surface area contributed by atoms with E-state index in [0.717, 1.165) is 16.7 Å². The first-order chi connectivity index (χ1) is 15.8. The Kier molecular flexibility index (Phi) is 8.29. The van der Waals surface area contributed by atoms with E-state index in [9.17, 15) is 19.2 Å². The van der Waals surface area contributed by atoms with Crippen LogP contribution in [0.15, 0.2) is 57.9 Å². The van der Waals surface area contributed by atoms with Gasteiger partial charge in [0.25, 0.3) is 17.1 Å². The van der Waals surface area contributed by atoms with Crippen molar-refractivity contribution in [1.82, 2.24) is 4.90 Å².